The molecule has 0 aliphatic carbocycles. The molecular weight excluding hydrogens is 436 g/mol. The van der Waals surface area contributed by atoms with Crippen LogP contribution in [0.3, 0.4) is 0 Å². The first-order valence-corrected chi connectivity index (χ1v) is 12.6. The van der Waals surface area contributed by atoms with Crippen molar-refractivity contribution in [1.29, 1.82) is 0 Å². The Morgan fingerprint density at radius 3 is 2.82 bits per heavy atom. The van der Waals surface area contributed by atoms with Gasteiger partial charge in [0, 0.05) is 55.1 Å². The van der Waals surface area contributed by atoms with E-state index in [0.717, 1.165) is 66.8 Å². The lowest BCUT2D eigenvalue weighted by molar-refractivity contribution is -0.131. The minimum Gasteiger partial charge on any atom is -0.383 e. The number of H-pyrrole nitrogens is 1. The smallest absolute Gasteiger partial charge is 0.273 e. The van der Waals surface area contributed by atoms with Crippen molar-refractivity contribution < 1.29 is 14.3 Å². The number of carbonyl (C=O) groups is 2. The Hall–Kier alpha value is -2.71. The third-order valence-electron chi connectivity index (χ3n) is 6.95. The molecule has 0 saturated carbocycles. The third-order valence-corrected chi connectivity index (χ3v) is 7.96. The number of piperidine rings is 1. The Morgan fingerprint density at radius 2 is 2.00 bits per heavy atom. The van der Waals surface area contributed by atoms with Gasteiger partial charge in [0.2, 0.25) is 5.91 Å². The summed E-state index contributed by atoms with van der Waals surface area (Å²) >= 11 is 1.58. The van der Waals surface area contributed by atoms with Gasteiger partial charge in [-0.25, -0.2) is 4.98 Å². The highest BCUT2D eigenvalue weighted by Gasteiger charge is 2.32. The van der Waals surface area contributed by atoms with E-state index < -0.39 is 0 Å². The molecule has 2 aromatic heterocycles. The van der Waals surface area contributed by atoms with Gasteiger partial charge >= 0.3 is 0 Å². The first-order chi connectivity index (χ1) is 16.1. The number of methoxy groups -OCH3 is 1. The Bertz CT molecular complexity index is 1130. The largest absolute Gasteiger partial charge is 0.383 e. The topological polar surface area (TPSA) is 78.5 Å². The lowest BCUT2D eigenvalue weighted by Crippen LogP contribution is -2.39. The Kier molecular flexibility index (Phi) is 6.46. The van der Waals surface area contributed by atoms with Crippen LogP contribution in [0.15, 0.2) is 35.8 Å². The molecule has 2 amide bonds. The van der Waals surface area contributed by atoms with Gasteiger partial charge in [0.1, 0.15) is 5.69 Å². The van der Waals surface area contributed by atoms with Crippen LogP contribution in [0.4, 0.5) is 0 Å². The molecule has 174 valence electrons. The number of nitrogens with one attached hydrogen (secondary N) is 1. The van der Waals surface area contributed by atoms with Crippen LogP contribution in [0.2, 0.25) is 0 Å². The van der Waals surface area contributed by atoms with Gasteiger partial charge in [-0.15, -0.1) is 11.3 Å². The molecule has 2 fully saturated rings. The first kappa shape index (κ1) is 22.1. The van der Waals surface area contributed by atoms with Gasteiger partial charge in [0.25, 0.3) is 5.91 Å². The molecule has 5 rings (SSSR count). The summed E-state index contributed by atoms with van der Waals surface area (Å²) in [5, 5.41) is 4.03. The van der Waals surface area contributed by atoms with Crippen molar-refractivity contribution in [2.24, 2.45) is 0 Å². The highest BCUT2D eigenvalue weighted by atomic mass is 32.1. The van der Waals surface area contributed by atoms with Gasteiger partial charge in [-0.2, -0.15) is 0 Å². The number of hydrogen-bond donors (Lipinski definition) is 1. The van der Waals surface area contributed by atoms with E-state index in [0.29, 0.717) is 24.6 Å². The van der Waals surface area contributed by atoms with E-state index in [-0.39, 0.29) is 17.9 Å². The van der Waals surface area contributed by atoms with E-state index in [1.54, 1.807) is 18.4 Å². The fourth-order valence-electron chi connectivity index (χ4n) is 5.12. The number of ether oxygens (including phenoxy) is 1. The number of rotatable bonds is 6. The van der Waals surface area contributed by atoms with E-state index in [2.05, 4.69) is 11.1 Å². The number of hydrogen-bond acceptors (Lipinski definition) is 5. The molecule has 3 aromatic rings. The van der Waals surface area contributed by atoms with E-state index in [4.69, 9.17) is 9.72 Å². The van der Waals surface area contributed by atoms with E-state index in [9.17, 15) is 9.59 Å². The summed E-state index contributed by atoms with van der Waals surface area (Å²) in [7, 11) is 1.68. The molecule has 0 bridgehead atoms. The number of likely N-dealkylation sites (tertiary alicyclic amines) is 2. The molecule has 8 heteroatoms. The number of benzene rings is 1. The molecule has 7 nitrogen and oxygen atoms in total. The van der Waals surface area contributed by atoms with Gasteiger partial charge in [-0.1, -0.05) is 18.2 Å². The number of fused-ring (bicyclic) bond motifs is 1. The summed E-state index contributed by atoms with van der Waals surface area (Å²) in [4.78, 5) is 37.7. The lowest BCUT2D eigenvalue weighted by Gasteiger charge is -2.31. The summed E-state index contributed by atoms with van der Waals surface area (Å²) in [6.07, 6.45) is 6.14. The summed E-state index contributed by atoms with van der Waals surface area (Å²) in [6, 6.07) is 8.24. The SMILES string of the molecule is COCC1CCCN1C(=O)c1csc(C2CCN(C(=O)Cc3c[nH]c4ccccc34)CC2)n1. The molecule has 1 atom stereocenters. The second-order valence-electron chi connectivity index (χ2n) is 9.01. The van der Waals surface area contributed by atoms with Crippen molar-refractivity contribution in [2.75, 3.05) is 33.4 Å². The Balaban J connectivity index is 1.17. The number of para-hydroxylation sites is 1. The predicted octanol–water partition coefficient (Wildman–Crippen LogP) is 3.82. The van der Waals surface area contributed by atoms with Crippen molar-refractivity contribution >= 4 is 34.1 Å². The van der Waals surface area contributed by atoms with Crippen LogP contribution in [0.1, 0.15) is 52.7 Å². The number of thiazole rings is 1. The molecule has 0 radical (unpaired) electrons. The molecular formula is C25H30N4O3S. The molecule has 2 aliphatic rings. The average Bonchev–Trinajstić information content (AvgIpc) is 3.60. The second kappa shape index (κ2) is 9.65. The second-order valence-corrected chi connectivity index (χ2v) is 9.90. The number of amides is 2. The average molecular weight is 467 g/mol. The van der Waals surface area contributed by atoms with Gasteiger partial charge < -0.3 is 19.5 Å². The van der Waals surface area contributed by atoms with Crippen molar-refractivity contribution in [1.82, 2.24) is 19.8 Å². The zero-order valence-electron chi connectivity index (χ0n) is 19.0. The van der Waals surface area contributed by atoms with Crippen LogP contribution < -0.4 is 0 Å². The fraction of sp³-hybridized carbons (Fsp3) is 0.480. The Labute approximate surface area is 197 Å². The van der Waals surface area contributed by atoms with E-state index in [1.807, 2.05) is 39.6 Å². The van der Waals surface area contributed by atoms with Crippen LogP contribution >= 0.6 is 11.3 Å². The molecule has 2 aliphatic heterocycles. The summed E-state index contributed by atoms with van der Waals surface area (Å²) in [6.45, 7) is 2.82. The molecule has 0 spiro atoms. The normalized spacial score (nSPS) is 19.5. The van der Waals surface area contributed by atoms with E-state index >= 15 is 0 Å². The lowest BCUT2D eigenvalue weighted by atomic mass is 9.97. The highest BCUT2D eigenvalue weighted by molar-refractivity contribution is 7.09. The molecule has 1 aromatic carbocycles. The number of aromatic nitrogens is 2. The molecule has 1 unspecified atom stereocenters. The van der Waals surface area contributed by atoms with Crippen molar-refractivity contribution in [3.8, 4) is 0 Å². The molecule has 33 heavy (non-hydrogen) atoms. The Morgan fingerprint density at radius 1 is 1.18 bits per heavy atom. The van der Waals surface area contributed by atoms with E-state index in [1.165, 1.54) is 0 Å². The van der Waals surface area contributed by atoms with Gasteiger partial charge in [-0.05, 0) is 37.3 Å². The predicted molar refractivity (Wildman–Crippen MR) is 129 cm³/mol. The maximum atomic E-state index is 13.0. The number of carbonyl (C=O) groups excluding carboxylic acids is 2. The van der Waals surface area contributed by atoms with Crippen molar-refractivity contribution in [3.63, 3.8) is 0 Å². The van der Waals surface area contributed by atoms with Crippen molar-refractivity contribution in [3.05, 3.63) is 52.1 Å². The zero-order chi connectivity index (χ0) is 22.8. The quantitative estimate of drug-likeness (QED) is 0.599. The standard InChI is InChI=1S/C25H30N4O3S/c1-32-15-19-5-4-10-29(19)25(31)22-16-33-24(27-22)17-8-11-28(12-9-17)23(30)13-18-14-26-21-7-3-2-6-20(18)21/h2-3,6-7,14,16-17,19,26H,4-5,8-13,15H2,1H3. The van der Waals surface area contributed by atoms with Gasteiger partial charge in [0.15, 0.2) is 0 Å². The summed E-state index contributed by atoms with van der Waals surface area (Å²) < 4.78 is 5.28. The minimum atomic E-state index is 0.0170. The third kappa shape index (κ3) is 4.54. The fourth-order valence-corrected chi connectivity index (χ4v) is 6.08. The van der Waals surface area contributed by atoms with Gasteiger partial charge in [0.05, 0.1) is 24.1 Å². The molecule has 2 saturated heterocycles. The van der Waals surface area contributed by atoms with Gasteiger partial charge in [-0.3, -0.25) is 9.59 Å². The zero-order valence-corrected chi connectivity index (χ0v) is 19.8. The summed E-state index contributed by atoms with van der Waals surface area (Å²) in [5.41, 5.74) is 2.67. The number of nitrogens with zero attached hydrogens (tertiary/aromatic N) is 3. The maximum Gasteiger partial charge on any atom is 0.273 e. The van der Waals surface area contributed by atoms with Crippen LogP contribution in [0, 0.1) is 0 Å². The van der Waals surface area contributed by atoms with Crippen molar-refractivity contribution in [2.45, 2.75) is 44.1 Å². The van der Waals surface area contributed by atoms with Crippen LogP contribution in [0.5, 0.6) is 0 Å². The number of aromatic amines is 1. The minimum absolute atomic E-state index is 0.0170. The van der Waals surface area contributed by atoms with Crippen LogP contribution in [-0.2, 0) is 16.0 Å². The van der Waals surface area contributed by atoms with Crippen LogP contribution in [0.25, 0.3) is 10.9 Å². The monoisotopic (exact) mass is 466 g/mol. The van der Waals surface area contributed by atoms with Crippen LogP contribution in [-0.4, -0.2) is 71.0 Å². The first-order valence-electron chi connectivity index (χ1n) is 11.7. The molecule has 4 heterocycles. The maximum absolute atomic E-state index is 13.0. The highest BCUT2D eigenvalue weighted by Crippen LogP contribution is 2.32. The summed E-state index contributed by atoms with van der Waals surface area (Å²) in [5.74, 6) is 0.497. The molecule has 1 N–H and O–H groups in total.